The molecule has 1 aromatic rings. The molecule has 1 aliphatic rings. The van der Waals surface area contributed by atoms with Gasteiger partial charge in [-0.05, 0) is 50.3 Å². The van der Waals surface area contributed by atoms with Crippen molar-refractivity contribution in [2.24, 2.45) is 0 Å². The molecule has 2 rings (SSSR count). The highest BCUT2D eigenvalue weighted by Gasteiger charge is 2.32. The molecule has 1 aliphatic heterocycles. The minimum Gasteiger partial charge on any atom is -0.480 e. The first-order valence-electron chi connectivity index (χ1n) is 11.3. The third-order valence-electron chi connectivity index (χ3n) is 5.58. The maximum Gasteiger partial charge on any atom is 0.328 e. The Morgan fingerprint density at radius 1 is 1.09 bits per heavy atom. The summed E-state index contributed by atoms with van der Waals surface area (Å²) in [7, 11) is 0. The van der Waals surface area contributed by atoms with Crippen LogP contribution in [0.5, 0.6) is 0 Å². The first kappa shape index (κ1) is 27.6. The van der Waals surface area contributed by atoms with Gasteiger partial charge in [0.2, 0.25) is 17.7 Å². The Balaban J connectivity index is 2.16. The molecule has 1 heterocycles. The second-order valence-corrected chi connectivity index (χ2v) is 9.29. The first-order chi connectivity index (χ1) is 16.2. The minimum absolute atomic E-state index is 0.230. The van der Waals surface area contributed by atoms with Crippen molar-refractivity contribution in [2.75, 3.05) is 18.6 Å². The maximum absolute atomic E-state index is 13.2. The Labute approximate surface area is 203 Å². The zero-order valence-corrected chi connectivity index (χ0v) is 20.3. The molecule has 0 aromatic heterocycles. The molecule has 11 heteroatoms. The van der Waals surface area contributed by atoms with Crippen LogP contribution in [0, 0.1) is 0 Å². The molecule has 5 unspecified atom stereocenters. The summed E-state index contributed by atoms with van der Waals surface area (Å²) in [6.07, 6.45) is 2.56. The summed E-state index contributed by atoms with van der Waals surface area (Å²) in [6, 6.07) is 5.38. The predicted octanol–water partition coefficient (Wildman–Crippen LogP) is -0.346. The number of carboxylic acids is 1. The van der Waals surface area contributed by atoms with Gasteiger partial charge in [-0.25, -0.2) is 4.79 Å². The molecule has 0 spiro atoms. The van der Waals surface area contributed by atoms with Crippen LogP contribution in [0.2, 0.25) is 0 Å². The Morgan fingerprint density at radius 2 is 1.76 bits per heavy atom. The van der Waals surface area contributed by atoms with E-state index < -0.39 is 42.0 Å². The van der Waals surface area contributed by atoms with Gasteiger partial charge in [-0.3, -0.25) is 14.4 Å². The van der Waals surface area contributed by atoms with E-state index in [0.29, 0.717) is 12.2 Å². The number of aliphatic hydroxyl groups excluding tert-OH is 1. The molecule has 34 heavy (non-hydrogen) atoms. The Kier molecular flexibility index (Phi) is 11.3. The van der Waals surface area contributed by atoms with E-state index in [0.717, 1.165) is 18.5 Å². The van der Waals surface area contributed by atoms with E-state index in [1.54, 1.807) is 0 Å². The summed E-state index contributed by atoms with van der Waals surface area (Å²) in [5.41, 5.74) is 0.840. The van der Waals surface area contributed by atoms with E-state index >= 15 is 0 Å². The van der Waals surface area contributed by atoms with Gasteiger partial charge in [-0.2, -0.15) is 11.8 Å². The van der Waals surface area contributed by atoms with E-state index in [2.05, 4.69) is 21.3 Å². The van der Waals surface area contributed by atoms with E-state index in [1.807, 2.05) is 36.6 Å². The van der Waals surface area contributed by atoms with E-state index in [9.17, 15) is 29.4 Å². The van der Waals surface area contributed by atoms with Gasteiger partial charge >= 0.3 is 5.97 Å². The van der Waals surface area contributed by atoms with Gasteiger partial charge in [0.25, 0.3) is 0 Å². The van der Waals surface area contributed by atoms with Crippen molar-refractivity contribution in [1.29, 1.82) is 0 Å². The Hall–Kier alpha value is -2.63. The van der Waals surface area contributed by atoms with Gasteiger partial charge in [0.15, 0.2) is 6.04 Å². The highest BCUT2D eigenvalue weighted by Crippen LogP contribution is 2.09. The molecule has 5 atom stereocenters. The average Bonchev–Trinajstić information content (AvgIpc) is 3.35. The van der Waals surface area contributed by atoms with Crippen molar-refractivity contribution in [3.05, 3.63) is 35.9 Å². The molecule has 188 valence electrons. The Bertz CT molecular complexity index is 832. The molecule has 1 aromatic carbocycles. The number of amides is 3. The summed E-state index contributed by atoms with van der Waals surface area (Å²) in [6.45, 7) is 2.00. The van der Waals surface area contributed by atoms with Crippen molar-refractivity contribution in [3.63, 3.8) is 0 Å². The molecular formula is C23H34N4O6S. The standard InChI is InChI=1S/C23H34N4O6S/c1-14(28)19(23(32)33)27-21(30)17(10-12-34-2)25-22(31)18(13-15-7-4-3-5-8-15)26-20(29)16-9-6-11-24-16/h3-5,7-8,14,16-19,24,28H,6,9-13H2,1-2H3,(H,25,31)(H,26,29)(H,27,30)(H,32,33). The fourth-order valence-corrected chi connectivity index (χ4v) is 4.13. The number of thioether (sulfide) groups is 1. The lowest BCUT2D eigenvalue weighted by atomic mass is 10.0. The summed E-state index contributed by atoms with van der Waals surface area (Å²) < 4.78 is 0. The third-order valence-corrected chi connectivity index (χ3v) is 6.23. The van der Waals surface area contributed by atoms with Crippen LogP contribution in [0.25, 0.3) is 0 Å². The number of hydrogen-bond acceptors (Lipinski definition) is 7. The number of aliphatic carboxylic acids is 1. The van der Waals surface area contributed by atoms with Crippen molar-refractivity contribution in [3.8, 4) is 0 Å². The summed E-state index contributed by atoms with van der Waals surface area (Å²) in [5.74, 6) is -2.37. The number of aliphatic hydroxyl groups is 1. The second kappa shape index (κ2) is 13.9. The van der Waals surface area contributed by atoms with Crippen LogP contribution >= 0.6 is 11.8 Å². The van der Waals surface area contributed by atoms with Gasteiger partial charge < -0.3 is 31.5 Å². The number of carbonyl (C=O) groups is 4. The number of carbonyl (C=O) groups excluding carboxylic acids is 3. The fourth-order valence-electron chi connectivity index (χ4n) is 3.66. The van der Waals surface area contributed by atoms with Crippen LogP contribution < -0.4 is 21.3 Å². The topological polar surface area (TPSA) is 157 Å². The highest BCUT2D eigenvalue weighted by molar-refractivity contribution is 7.98. The fraction of sp³-hybridized carbons (Fsp3) is 0.565. The lowest BCUT2D eigenvalue weighted by Crippen LogP contribution is -2.58. The lowest BCUT2D eigenvalue weighted by molar-refractivity contribution is -0.145. The molecule has 0 saturated carbocycles. The highest BCUT2D eigenvalue weighted by atomic mass is 32.2. The normalized spacial score (nSPS) is 18.9. The number of hydrogen-bond donors (Lipinski definition) is 6. The van der Waals surface area contributed by atoms with Crippen LogP contribution in [0.1, 0.15) is 31.7 Å². The molecule has 6 N–H and O–H groups in total. The van der Waals surface area contributed by atoms with E-state index in [-0.39, 0.29) is 24.8 Å². The number of rotatable bonds is 13. The molecule has 10 nitrogen and oxygen atoms in total. The third kappa shape index (κ3) is 8.62. The molecular weight excluding hydrogens is 460 g/mol. The summed E-state index contributed by atoms with van der Waals surface area (Å²) in [5, 5.41) is 29.8. The van der Waals surface area contributed by atoms with Gasteiger partial charge in [-0.1, -0.05) is 30.3 Å². The van der Waals surface area contributed by atoms with Crippen LogP contribution in [-0.2, 0) is 25.6 Å². The number of carboxylic acid groups (broad SMARTS) is 1. The van der Waals surface area contributed by atoms with Crippen molar-refractivity contribution >= 4 is 35.5 Å². The minimum atomic E-state index is -1.51. The van der Waals surface area contributed by atoms with Crippen LogP contribution in [0.15, 0.2) is 30.3 Å². The summed E-state index contributed by atoms with van der Waals surface area (Å²) in [4.78, 5) is 50.1. The molecule has 1 fully saturated rings. The molecule has 0 radical (unpaired) electrons. The lowest BCUT2D eigenvalue weighted by Gasteiger charge is -2.26. The first-order valence-corrected chi connectivity index (χ1v) is 12.7. The molecule has 0 bridgehead atoms. The molecule has 1 saturated heterocycles. The summed E-state index contributed by atoms with van der Waals surface area (Å²) >= 11 is 1.47. The Morgan fingerprint density at radius 3 is 2.32 bits per heavy atom. The maximum atomic E-state index is 13.2. The monoisotopic (exact) mass is 494 g/mol. The van der Waals surface area contributed by atoms with Gasteiger partial charge in [0.05, 0.1) is 12.1 Å². The predicted molar refractivity (Wildman–Crippen MR) is 129 cm³/mol. The number of benzene rings is 1. The zero-order valence-electron chi connectivity index (χ0n) is 19.5. The van der Waals surface area contributed by atoms with Gasteiger partial charge in [-0.15, -0.1) is 0 Å². The van der Waals surface area contributed by atoms with Crippen LogP contribution in [0.3, 0.4) is 0 Å². The molecule has 0 aliphatic carbocycles. The van der Waals surface area contributed by atoms with Crippen molar-refractivity contribution in [1.82, 2.24) is 21.3 Å². The van der Waals surface area contributed by atoms with Crippen molar-refractivity contribution in [2.45, 2.75) is 62.9 Å². The quantitative estimate of drug-likeness (QED) is 0.217. The van der Waals surface area contributed by atoms with Crippen molar-refractivity contribution < 1.29 is 29.4 Å². The van der Waals surface area contributed by atoms with Gasteiger partial charge in [0, 0.05) is 6.42 Å². The van der Waals surface area contributed by atoms with Crippen LogP contribution in [0.4, 0.5) is 0 Å². The smallest absolute Gasteiger partial charge is 0.328 e. The second-order valence-electron chi connectivity index (χ2n) is 8.31. The van der Waals surface area contributed by atoms with Crippen LogP contribution in [-0.4, -0.2) is 82.7 Å². The average molecular weight is 495 g/mol. The van der Waals surface area contributed by atoms with E-state index in [4.69, 9.17) is 0 Å². The van der Waals surface area contributed by atoms with E-state index in [1.165, 1.54) is 18.7 Å². The largest absolute Gasteiger partial charge is 0.480 e. The SMILES string of the molecule is CSCCC(NC(=O)C(Cc1ccccc1)NC(=O)C1CCCN1)C(=O)NC(C(=O)O)C(C)O. The molecule has 3 amide bonds. The number of nitrogens with one attached hydrogen (secondary N) is 4. The van der Waals surface area contributed by atoms with Gasteiger partial charge in [0.1, 0.15) is 12.1 Å². The zero-order chi connectivity index (χ0) is 25.1.